The first-order valence-electron chi connectivity index (χ1n) is 10.9. The minimum absolute atomic E-state index is 0.0173. The quantitative estimate of drug-likeness (QED) is 0.326. The van der Waals surface area contributed by atoms with Crippen molar-refractivity contribution >= 4 is 21.8 Å². The maximum atomic E-state index is 13.3. The van der Waals surface area contributed by atoms with Gasteiger partial charge in [0.15, 0.2) is 0 Å². The zero-order valence-corrected chi connectivity index (χ0v) is 19.8. The first kappa shape index (κ1) is 25.0. The molecule has 0 aliphatic heterocycles. The average molecular weight is 517 g/mol. The van der Waals surface area contributed by atoms with Gasteiger partial charge in [-0.3, -0.25) is 4.79 Å². The van der Waals surface area contributed by atoms with E-state index in [2.05, 4.69) is 26.6 Å². The van der Waals surface area contributed by atoms with Gasteiger partial charge in [0, 0.05) is 30.5 Å². The lowest BCUT2D eigenvalue weighted by atomic mass is 10.0. The number of ether oxygens (including phenoxy) is 1. The van der Waals surface area contributed by atoms with Crippen LogP contribution in [-0.2, 0) is 16.0 Å². The lowest BCUT2D eigenvalue weighted by molar-refractivity contribution is -0.121. The highest BCUT2D eigenvalue weighted by Crippen LogP contribution is 2.26. The van der Waals surface area contributed by atoms with Crippen molar-refractivity contribution in [2.24, 2.45) is 0 Å². The molecule has 0 unspecified atom stereocenters. The van der Waals surface area contributed by atoms with E-state index < -0.39 is 6.10 Å². The molecule has 0 bridgehead atoms. The number of rotatable bonds is 12. The lowest BCUT2D eigenvalue weighted by Crippen LogP contribution is -2.33. The van der Waals surface area contributed by atoms with E-state index in [0.29, 0.717) is 39.1 Å². The summed E-state index contributed by atoms with van der Waals surface area (Å²) in [5.74, 6) is -0.627. The smallest absolute Gasteiger partial charge is 0.220 e. The van der Waals surface area contributed by atoms with Crippen LogP contribution in [0.5, 0.6) is 0 Å². The van der Waals surface area contributed by atoms with Crippen LogP contribution in [0.2, 0.25) is 0 Å². The zero-order chi connectivity index (χ0) is 23.5. The number of aryl methyl sites for hydroxylation is 1. The number of hydrogen-bond acceptors (Lipinski definition) is 3. The Morgan fingerprint density at radius 3 is 1.97 bits per heavy atom. The Bertz CT molecular complexity index is 951. The number of halogens is 3. The Labute approximate surface area is 201 Å². The molecular formula is C26H27BrF2N2O2. The number of amides is 1. The molecule has 0 fully saturated rings. The van der Waals surface area contributed by atoms with Gasteiger partial charge in [-0.1, -0.05) is 52.3 Å². The Hall–Kier alpha value is -2.61. The molecule has 0 saturated carbocycles. The summed E-state index contributed by atoms with van der Waals surface area (Å²) >= 11 is 3.40. The highest BCUT2D eigenvalue weighted by molar-refractivity contribution is 9.10. The van der Waals surface area contributed by atoms with Gasteiger partial charge >= 0.3 is 0 Å². The molecule has 0 aliphatic carbocycles. The van der Waals surface area contributed by atoms with Crippen LogP contribution < -0.4 is 10.6 Å². The number of nitrogens with one attached hydrogen (secondary N) is 2. The van der Waals surface area contributed by atoms with Crippen molar-refractivity contribution in [2.75, 3.05) is 26.2 Å². The molecule has 7 heteroatoms. The molecule has 33 heavy (non-hydrogen) atoms. The summed E-state index contributed by atoms with van der Waals surface area (Å²) in [6.07, 6.45) is 0.724. The predicted octanol–water partition coefficient (Wildman–Crippen LogP) is 5.17. The fourth-order valence-corrected chi connectivity index (χ4v) is 3.59. The van der Waals surface area contributed by atoms with Crippen LogP contribution in [0, 0.1) is 11.6 Å². The van der Waals surface area contributed by atoms with Crippen LogP contribution in [0.4, 0.5) is 8.78 Å². The van der Waals surface area contributed by atoms with Crippen LogP contribution in [0.3, 0.4) is 0 Å². The first-order valence-corrected chi connectivity index (χ1v) is 11.6. The molecule has 0 heterocycles. The SMILES string of the molecule is O=C(CCc1ccc(Br)cc1)NCCNCCOC(c1ccc(F)cc1)c1ccc(F)cc1. The van der Waals surface area contributed by atoms with Gasteiger partial charge in [-0.2, -0.15) is 0 Å². The van der Waals surface area contributed by atoms with Crippen molar-refractivity contribution in [3.63, 3.8) is 0 Å². The number of carbonyl (C=O) groups is 1. The summed E-state index contributed by atoms with van der Waals surface area (Å²) in [6.45, 7) is 2.12. The van der Waals surface area contributed by atoms with Crippen LogP contribution >= 0.6 is 15.9 Å². The molecule has 3 aromatic carbocycles. The average Bonchev–Trinajstić information content (AvgIpc) is 2.82. The molecular weight excluding hydrogens is 490 g/mol. The van der Waals surface area contributed by atoms with Gasteiger partial charge in [0.05, 0.1) is 6.61 Å². The maximum Gasteiger partial charge on any atom is 0.220 e. The number of carbonyl (C=O) groups excluding carboxylic acids is 1. The molecule has 1 amide bonds. The van der Waals surface area contributed by atoms with Crippen LogP contribution in [-0.4, -0.2) is 32.1 Å². The van der Waals surface area contributed by atoms with Gasteiger partial charge in [-0.15, -0.1) is 0 Å². The Morgan fingerprint density at radius 2 is 1.39 bits per heavy atom. The predicted molar refractivity (Wildman–Crippen MR) is 129 cm³/mol. The molecule has 0 spiro atoms. The summed E-state index contributed by atoms with van der Waals surface area (Å²) in [7, 11) is 0. The third-order valence-electron chi connectivity index (χ3n) is 5.09. The van der Waals surface area contributed by atoms with Crippen LogP contribution in [0.1, 0.15) is 29.2 Å². The summed E-state index contributed by atoms with van der Waals surface area (Å²) in [4.78, 5) is 12.0. The highest BCUT2D eigenvalue weighted by atomic mass is 79.9. The Balaban J connectivity index is 1.36. The van der Waals surface area contributed by atoms with Crippen LogP contribution in [0.25, 0.3) is 0 Å². The Kier molecular flexibility index (Phi) is 10.00. The standard InChI is InChI=1S/C26H27BrF2N2O2/c27-22-8-1-19(2-9-22)3-14-25(32)31-16-15-30-17-18-33-26(20-4-10-23(28)11-5-20)21-6-12-24(29)13-7-21/h1-2,4-13,26,30H,3,14-18H2,(H,31,32). The maximum absolute atomic E-state index is 13.3. The van der Waals surface area contributed by atoms with Gasteiger partial charge in [0.2, 0.25) is 5.91 Å². The molecule has 0 aliphatic rings. The second-order valence-electron chi connectivity index (χ2n) is 7.58. The van der Waals surface area contributed by atoms with E-state index in [0.717, 1.165) is 21.2 Å². The van der Waals surface area contributed by atoms with Gasteiger partial charge < -0.3 is 15.4 Å². The van der Waals surface area contributed by atoms with Gasteiger partial charge in [-0.25, -0.2) is 8.78 Å². The van der Waals surface area contributed by atoms with Crippen molar-refractivity contribution in [1.29, 1.82) is 0 Å². The topological polar surface area (TPSA) is 50.4 Å². The first-order chi connectivity index (χ1) is 16.0. The van der Waals surface area contributed by atoms with Gasteiger partial charge in [0.25, 0.3) is 0 Å². The molecule has 3 rings (SSSR count). The van der Waals surface area contributed by atoms with Crippen LogP contribution in [0.15, 0.2) is 77.3 Å². The van der Waals surface area contributed by atoms with E-state index >= 15 is 0 Å². The third-order valence-corrected chi connectivity index (χ3v) is 5.62. The second kappa shape index (κ2) is 13.2. The highest BCUT2D eigenvalue weighted by Gasteiger charge is 2.15. The Morgan fingerprint density at radius 1 is 0.818 bits per heavy atom. The lowest BCUT2D eigenvalue weighted by Gasteiger charge is -2.19. The number of benzene rings is 3. The minimum atomic E-state index is -0.425. The fraction of sp³-hybridized carbons (Fsp3) is 0.269. The molecule has 0 saturated heterocycles. The normalized spacial score (nSPS) is 11.0. The molecule has 174 valence electrons. The zero-order valence-electron chi connectivity index (χ0n) is 18.2. The van der Waals surface area contributed by atoms with Crippen molar-refractivity contribution < 1.29 is 18.3 Å². The molecule has 0 aromatic heterocycles. The van der Waals surface area contributed by atoms with Crippen molar-refractivity contribution in [1.82, 2.24) is 10.6 Å². The van der Waals surface area contributed by atoms with Crippen molar-refractivity contribution in [2.45, 2.75) is 18.9 Å². The van der Waals surface area contributed by atoms with Crippen molar-refractivity contribution in [3.8, 4) is 0 Å². The van der Waals surface area contributed by atoms with Gasteiger partial charge in [-0.05, 0) is 59.5 Å². The van der Waals surface area contributed by atoms with E-state index in [9.17, 15) is 13.6 Å². The number of hydrogen-bond donors (Lipinski definition) is 2. The van der Waals surface area contributed by atoms with E-state index in [1.54, 1.807) is 24.3 Å². The monoisotopic (exact) mass is 516 g/mol. The second-order valence-corrected chi connectivity index (χ2v) is 8.50. The summed E-state index contributed by atoms with van der Waals surface area (Å²) in [6, 6.07) is 20.1. The van der Waals surface area contributed by atoms with Gasteiger partial charge in [0.1, 0.15) is 17.7 Å². The molecule has 4 nitrogen and oxygen atoms in total. The third kappa shape index (κ3) is 8.68. The molecule has 3 aromatic rings. The van der Waals surface area contributed by atoms with Crippen molar-refractivity contribution in [3.05, 3.63) is 106 Å². The fourth-order valence-electron chi connectivity index (χ4n) is 3.32. The molecule has 0 radical (unpaired) electrons. The largest absolute Gasteiger partial charge is 0.367 e. The summed E-state index contributed by atoms with van der Waals surface area (Å²) in [5.41, 5.74) is 2.71. The van der Waals surface area contributed by atoms with E-state index in [1.807, 2.05) is 24.3 Å². The van der Waals surface area contributed by atoms with E-state index in [-0.39, 0.29) is 17.5 Å². The molecule has 2 N–H and O–H groups in total. The summed E-state index contributed by atoms with van der Waals surface area (Å²) in [5, 5.41) is 6.14. The van der Waals surface area contributed by atoms with E-state index in [1.165, 1.54) is 24.3 Å². The summed E-state index contributed by atoms with van der Waals surface area (Å²) < 4.78 is 33.6. The van der Waals surface area contributed by atoms with E-state index in [4.69, 9.17) is 4.74 Å². The minimum Gasteiger partial charge on any atom is -0.367 e. The molecule has 0 atom stereocenters.